The van der Waals surface area contributed by atoms with Gasteiger partial charge in [0.2, 0.25) is 5.91 Å². The molecule has 0 saturated carbocycles. The number of ether oxygens (including phenoxy) is 3. The van der Waals surface area contributed by atoms with Gasteiger partial charge in [-0.1, -0.05) is 30.0 Å². The van der Waals surface area contributed by atoms with Crippen molar-refractivity contribution in [3.05, 3.63) is 83.8 Å². The molecule has 4 N–H and O–H groups in total. The summed E-state index contributed by atoms with van der Waals surface area (Å²) in [6, 6.07) is 16.0. The van der Waals surface area contributed by atoms with E-state index in [0.717, 1.165) is 0 Å². The lowest BCUT2D eigenvalue weighted by Gasteiger charge is -2.27. The van der Waals surface area contributed by atoms with Gasteiger partial charge in [-0.05, 0) is 110 Å². The second-order valence-electron chi connectivity index (χ2n) is 16.8. The lowest BCUT2D eigenvalue weighted by molar-refractivity contribution is -0.155. The van der Waals surface area contributed by atoms with Crippen LogP contribution in [0.4, 0.5) is 9.59 Å². The summed E-state index contributed by atoms with van der Waals surface area (Å²) in [5, 5.41) is 22.3. The molecule has 4 aromatic rings. The fourth-order valence-electron chi connectivity index (χ4n) is 6.14. The van der Waals surface area contributed by atoms with Gasteiger partial charge in [-0.2, -0.15) is 9.78 Å². The van der Waals surface area contributed by atoms with Crippen LogP contribution in [0.3, 0.4) is 0 Å². The molecule has 2 heterocycles. The first-order valence-corrected chi connectivity index (χ1v) is 21.7. The highest BCUT2D eigenvalue weighted by molar-refractivity contribution is 7.99. The van der Waals surface area contributed by atoms with E-state index < -0.39 is 72.1 Å². The summed E-state index contributed by atoms with van der Waals surface area (Å²) >= 11 is 1.31. The number of benzene rings is 2. The van der Waals surface area contributed by atoms with Crippen molar-refractivity contribution in [2.24, 2.45) is 0 Å². The summed E-state index contributed by atoms with van der Waals surface area (Å²) in [6.45, 7) is 11.1. The second kappa shape index (κ2) is 23.3. The molecule has 2 atom stereocenters. The van der Waals surface area contributed by atoms with Crippen LogP contribution in [0, 0.1) is 0 Å². The predicted molar refractivity (Wildman–Crippen MR) is 243 cm³/mol. The lowest BCUT2D eigenvalue weighted by Crippen LogP contribution is -2.50. The maximum absolute atomic E-state index is 14.8. The third kappa shape index (κ3) is 16.7. The molecule has 0 aliphatic rings. The Morgan fingerprint density at radius 3 is 2.25 bits per heavy atom. The highest BCUT2D eigenvalue weighted by Crippen LogP contribution is 2.34. The van der Waals surface area contributed by atoms with Crippen molar-refractivity contribution in [3.8, 4) is 0 Å². The Morgan fingerprint density at radius 1 is 0.877 bits per heavy atom. The van der Waals surface area contributed by atoms with Crippen molar-refractivity contribution in [1.29, 1.82) is 0 Å². The van der Waals surface area contributed by atoms with Gasteiger partial charge < -0.3 is 40.2 Å². The van der Waals surface area contributed by atoms with Gasteiger partial charge in [0.1, 0.15) is 23.3 Å². The van der Waals surface area contributed by atoms with Crippen molar-refractivity contribution in [2.45, 2.75) is 107 Å². The van der Waals surface area contributed by atoms with E-state index in [2.05, 4.69) is 20.9 Å². The number of carbonyl (C=O) groups excluding carboxylic acids is 6. The summed E-state index contributed by atoms with van der Waals surface area (Å²) in [7, 11) is 1.54. The minimum atomic E-state index is -1.23. The van der Waals surface area contributed by atoms with Crippen LogP contribution >= 0.6 is 11.8 Å². The SMILES string of the molecule is CNC(=O)c1ccccc1Sc1ccc2c(/C=C/c3ccccn3)nn(C(=O)N(CCNC(=O)[C@H](CCC(=O)OC(C)(C)C)NC(=O)OC(C)(C)C)CC(C)OC(=O)CCC(=O)O)c2c1. The first-order chi connectivity index (χ1) is 30.6. The van der Waals surface area contributed by atoms with Gasteiger partial charge >= 0.3 is 30.0 Å². The molecule has 0 bridgehead atoms. The van der Waals surface area contributed by atoms with E-state index in [1.165, 1.54) is 28.3 Å². The number of nitrogens with one attached hydrogen (secondary N) is 3. The fourth-order valence-corrected chi connectivity index (χ4v) is 7.12. The first kappa shape index (κ1) is 50.9. The average molecular weight is 916 g/mol. The monoisotopic (exact) mass is 915 g/mol. The van der Waals surface area contributed by atoms with E-state index in [9.17, 15) is 33.6 Å². The standard InChI is InChI=1S/C46H57N7O11S/c1-29(62-39(56)23-21-38(54)55)28-52(26-25-49-42(59)35(50-43(60)64-46(5,6)7)20-22-40(57)63-45(2,3)4)44(61)53-36-27-31(65-37-15-10-9-14-33(37)41(58)47-8)17-18-32(36)34(51-53)19-16-30-13-11-12-24-48-30/h9-19,24,27,29,35H,20-23,25-26,28H2,1-8H3,(H,47,58)(H,49,59)(H,50,60)(H,54,55)/b19-16+/t29?,35-/m0/s1. The molecule has 19 heteroatoms. The molecule has 2 aromatic heterocycles. The Bertz CT molecular complexity index is 2370. The minimum Gasteiger partial charge on any atom is -0.481 e. The van der Waals surface area contributed by atoms with E-state index >= 15 is 0 Å². The summed E-state index contributed by atoms with van der Waals surface area (Å²) in [4.78, 5) is 97.3. The molecule has 1 unspecified atom stereocenters. The van der Waals surface area contributed by atoms with E-state index in [-0.39, 0.29) is 38.4 Å². The molecule has 348 valence electrons. The Morgan fingerprint density at radius 2 is 1.58 bits per heavy atom. The van der Waals surface area contributed by atoms with Crippen LogP contribution in [-0.4, -0.2) is 117 Å². The largest absolute Gasteiger partial charge is 0.481 e. The maximum Gasteiger partial charge on any atom is 0.408 e. The number of pyridine rings is 1. The fraction of sp³-hybridized carbons (Fsp3) is 0.413. The molecule has 4 rings (SSSR count). The Labute approximate surface area is 381 Å². The molecular formula is C46H57N7O11S. The van der Waals surface area contributed by atoms with Crippen LogP contribution < -0.4 is 16.0 Å². The summed E-state index contributed by atoms with van der Waals surface area (Å²) in [5.74, 6) is -3.49. The number of carboxylic acids is 1. The van der Waals surface area contributed by atoms with E-state index in [4.69, 9.17) is 24.4 Å². The molecule has 4 amide bonds. The zero-order valence-corrected chi connectivity index (χ0v) is 38.7. The first-order valence-electron chi connectivity index (χ1n) is 20.9. The Hall–Kier alpha value is -6.76. The van der Waals surface area contributed by atoms with E-state index in [1.54, 1.807) is 97.3 Å². The molecule has 0 aliphatic carbocycles. The molecular weight excluding hydrogens is 859 g/mol. The van der Waals surface area contributed by atoms with Gasteiger partial charge in [0.15, 0.2) is 0 Å². The van der Waals surface area contributed by atoms with Crippen LogP contribution in [-0.2, 0) is 33.4 Å². The Kier molecular flexibility index (Phi) is 18.2. The van der Waals surface area contributed by atoms with E-state index in [0.29, 0.717) is 37.6 Å². The minimum absolute atomic E-state index is 0.131. The number of aromatic nitrogens is 3. The average Bonchev–Trinajstić information content (AvgIpc) is 3.59. The zero-order valence-electron chi connectivity index (χ0n) is 37.8. The highest BCUT2D eigenvalue weighted by Gasteiger charge is 2.28. The van der Waals surface area contributed by atoms with Gasteiger partial charge in [-0.25, -0.2) is 9.59 Å². The Balaban J connectivity index is 1.70. The highest BCUT2D eigenvalue weighted by atomic mass is 32.2. The molecule has 18 nitrogen and oxygen atoms in total. The number of alkyl carbamates (subject to hydrolysis) is 1. The van der Waals surface area contributed by atoms with Crippen molar-refractivity contribution >= 4 is 76.7 Å². The molecule has 0 aliphatic heterocycles. The van der Waals surface area contributed by atoms with Crippen LogP contribution in [0.1, 0.15) is 95.9 Å². The van der Waals surface area contributed by atoms with Gasteiger partial charge in [0.25, 0.3) is 5.91 Å². The number of hydrogen-bond donors (Lipinski definition) is 4. The molecule has 65 heavy (non-hydrogen) atoms. The second-order valence-corrected chi connectivity index (χ2v) is 17.9. The number of rotatable bonds is 19. The van der Waals surface area contributed by atoms with Crippen molar-refractivity contribution < 1.29 is 52.9 Å². The van der Waals surface area contributed by atoms with Crippen molar-refractivity contribution in [1.82, 2.24) is 35.6 Å². The van der Waals surface area contributed by atoms with Crippen LogP contribution in [0.5, 0.6) is 0 Å². The number of fused-ring (bicyclic) bond motifs is 1. The molecule has 0 saturated heterocycles. The summed E-state index contributed by atoms with van der Waals surface area (Å²) in [6.07, 6.45) is 2.10. The maximum atomic E-state index is 14.8. The van der Waals surface area contributed by atoms with Crippen LogP contribution in [0.2, 0.25) is 0 Å². The molecule has 2 aromatic carbocycles. The molecule has 0 fully saturated rings. The van der Waals surface area contributed by atoms with Crippen molar-refractivity contribution in [3.63, 3.8) is 0 Å². The predicted octanol–water partition coefficient (Wildman–Crippen LogP) is 6.31. The van der Waals surface area contributed by atoms with Crippen LogP contribution in [0.15, 0.2) is 76.7 Å². The van der Waals surface area contributed by atoms with Crippen molar-refractivity contribution in [2.75, 3.05) is 26.7 Å². The lowest BCUT2D eigenvalue weighted by atomic mass is 10.1. The zero-order chi connectivity index (χ0) is 47.9. The molecule has 0 radical (unpaired) electrons. The quantitative estimate of drug-likeness (QED) is 0.0596. The third-order valence-electron chi connectivity index (χ3n) is 8.92. The van der Waals surface area contributed by atoms with Gasteiger partial charge in [-0.3, -0.25) is 29.0 Å². The van der Waals surface area contributed by atoms with Gasteiger partial charge in [0.05, 0.1) is 41.9 Å². The number of esters is 2. The topological polar surface area (TPSA) is 237 Å². The third-order valence-corrected chi connectivity index (χ3v) is 9.98. The number of amides is 4. The van der Waals surface area contributed by atoms with Gasteiger partial charge in [0, 0.05) is 47.9 Å². The number of carboxylic acid groups (broad SMARTS) is 1. The van der Waals surface area contributed by atoms with E-state index in [1.807, 2.05) is 30.3 Å². The van der Waals surface area contributed by atoms with Crippen LogP contribution in [0.25, 0.3) is 23.1 Å². The smallest absolute Gasteiger partial charge is 0.408 e. The summed E-state index contributed by atoms with van der Waals surface area (Å²) in [5.41, 5.74) is 0.245. The molecule has 0 spiro atoms. The number of carbonyl (C=O) groups is 7. The normalized spacial score (nSPS) is 12.5. The summed E-state index contributed by atoms with van der Waals surface area (Å²) < 4.78 is 17.4. The van der Waals surface area contributed by atoms with Gasteiger partial charge in [-0.15, -0.1) is 0 Å². The number of aliphatic carboxylic acids is 1. The number of hydrogen-bond acceptors (Lipinski definition) is 13. The number of nitrogens with zero attached hydrogens (tertiary/aromatic N) is 4.